The van der Waals surface area contributed by atoms with Gasteiger partial charge >= 0.3 is 5.97 Å². The monoisotopic (exact) mass is 354 g/mol. The number of rotatable bonds is 6. The van der Waals surface area contributed by atoms with Gasteiger partial charge in [-0.25, -0.2) is 0 Å². The number of anilines is 1. The molecular weight excluding hydrogens is 332 g/mol. The van der Waals surface area contributed by atoms with Gasteiger partial charge in [-0.1, -0.05) is 24.3 Å². The van der Waals surface area contributed by atoms with Crippen LogP contribution in [0.3, 0.4) is 0 Å². The first-order valence-electron chi connectivity index (χ1n) is 8.53. The molecule has 0 bridgehead atoms. The Kier molecular flexibility index (Phi) is 5.76. The second-order valence-corrected chi connectivity index (χ2v) is 6.51. The molecule has 5 heteroatoms. The second kappa shape index (κ2) is 8.21. The van der Waals surface area contributed by atoms with Crippen LogP contribution in [0.1, 0.15) is 48.4 Å². The molecule has 0 amide bonds. The van der Waals surface area contributed by atoms with E-state index >= 15 is 0 Å². The number of pyridine rings is 1. The molecule has 1 unspecified atom stereocenters. The van der Waals surface area contributed by atoms with Crippen LogP contribution in [-0.4, -0.2) is 21.8 Å². The fraction of sp³-hybridized carbons (Fsp3) is 0.300. The molecule has 1 aromatic heterocycles. The summed E-state index contributed by atoms with van der Waals surface area (Å²) >= 11 is 4.51. The molecule has 2 N–H and O–H groups in total. The summed E-state index contributed by atoms with van der Waals surface area (Å²) in [5.41, 5.74) is 5.75. The molecule has 0 saturated carbocycles. The maximum Gasteiger partial charge on any atom is 0.303 e. The zero-order valence-electron chi connectivity index (χ0n) is 14.0. The van der Waals surface area contributed by atoms with Gasteiger partial charge in [0, 0.05) is 41.4 Å². The van der Waals surface area contributed by atoms with Crippen LogP contribution in [0.5, 0.6) is 0 Å². The van der Waals surface area contributed by atoms with Gasteiger partial charge in [-0.3, -0.25) is 9.78 Å². The summed E-state index contributed by atoms with van der Waals surface area (Å²) in [6.07, 6.45) is 8.59. The van der Waals surface area contributed by atoms with Gasteiger partial charge in [0.2, 0.25) is 0 Å². The molecule has 2 aromatic rings. The molecular formula is C20H22N2O2S. The van der Waals surface area contributed by atoms with Gasteiger partial charge < -0.3 is 10.4 Å². The van der Waals surface area contributed by atoms with Gasteiger partial charge in [0.05, 0.1) is 6.04 Å². The van der Waals surface area contributed by atoms with Crippen LogP contribution in [0, 0.1) is 0 Å². The summed E-state index contributed by atoms with van der Waals surface area (Å²) in [7, 11) is 0. The lowest BCUT2D eigenvalue weighted by molar-refractivity contribution is -0.137. The van der Waals surface area contributed by atoms with Crippen molar-refractivity contribution in [3.8, 4) is 0 Å². The lowest BCUT2D eigenvalue weighted by Gasteiger charge is -2.17. The number of fused-ring (bicyclic) bond motifs is 2. The molecule has 25 heavy (non-hydrogen) atoms. The molecule has 0 radical (unpaired) electrons. The Morgan fingerprint density at radius 2 is 2.08 bits per heavy atom. The van der Waals surface area contributed by atoms with E-state index in [-0.39, 0.29) is 12.5 Å². The molecule has 0 saturated heterocycles. The number of carboxylic acid groups (broad SMARTS) is 1. The maximum atomic E-state index is 10.7. The Morgan fingerprint density at radius 1 is 1.24 bits per heavy atom. The number of para-hydroxylation sites is 1. The second-order valence-electron chi connectivity index (χ2n) is 6.15. The highest BCUT2D eigenvalue weighted by atomic mass is 32.1. The van der Waals surface area contributed by atoms with E-state index in [2.05, 4.69) is 47.2 Å². The van der Waals surface area contributed by atoms with E-state index in [1.165, 1.54) is 11.1 Å². The van der Waals surface area contributed by atoms with Crippen LogP contribution >= 0.6 is 12.6 Å². The topological polar surface area (TPSA) is 62.2 Å². The first-order chi connectivity index (χ1) is 12.2. The van der Waals surface area contributed by atoms with E-state index < -0.39 is 5.97 Å². The van der Waals surface area contributed by atoms with E-state index in [0.717, 1.165) is 29.7 Å². The van der Waals surface area contributed by atoms with Crippen molar-refractivity contribution < 1.29 is 9.90 Å². The van der Waals surface area contributed by atoms with Crippen LogP contribution in [0.25, 0.3) is 5.57 Å². The number of aliphatic carboxylic acids is 1. The quantitative estimate of drug-likeness (QED) is 0.526. The Morgan fingerprint density at radius 3 is 2.88 bits per heavy atom. The molecule has 0 aliphatic carbocycles. The highest BCUT2D eigenvalue weighted by Crippen LogP contribution is 2.39. The van der Waals surface area contributed by atoms with Crippen molar-refractivity contribution in [2.75, 3.05) is 11.1 Å². The third-order valence-corrected chi connectivity index (χ3v) is 4.81. The van der Waals surface area contributed by atoms with Crippen molar-refractivity contribution in [2.24, 2.45) is 0 Å². The first-order valence-corrected chi connectivity index (χ1v) is 9.17. The minimum atomic E-state index is -0.732. The van der Waals surface area contributed by atoms with Gasteiger partial charge in [0.25, 0.3) is 0 Å². The van der Waals surface area contributed by atoms with Crippen LogP contribution in [0.4, 0.5) is 5.69 Å². The zero-order valence-corrected chi connectivity index (χ0v) is 14.9. The molecule has 4 nitrogen and oxygen atoms in total. The summed E-state index contributed by atoms with van der Waals surface area (Å²) in [6, 6.07) is 10.4. The number of allylic oxidation sites excluding steroid dienone is 1. The van der Waals surface area contributed by atoms with E-state index in [9.17, 15) is 4.79 Å². The molecule has 1 aliphatic rings. The summed E-state index contributed by atoms with van der Waals surface area (Å²) in [5.74, 6) is -0.0523. The smallest absolute Gasteiger partial charge is 0.303 e. The zero-order chi connectivity index (χ0) is 17.6. The van der Waals surface area contributed by atoms with Crippen LogP contribution in [-0.2, 0) is 4.79 Å². The van der Waals surface area contributed by atoms with Crippen molar-refractivity contribution in [1.82, 2.24) is 4.98 Å². The van der Waals surface area contributed by atoms with Gasteiger partial charge in [-0.15, -0.1) is 0 Å². The number of thiol groups is 1. The number of unbranched alkanes of at least 4 members (excludes halogenated alkanes) is 2. The van der Waals surface area contributed by atoms with Crippen molar-refractivity contribution in [2.45, 2.75) is 31.7 Å². The standard InChI is InChI=1S/C20H22N2O2S/c23-20(24)9-3-1-2-6-14-15-10-11-21-12-17(15)19(13-25)22-18-8-5-4-7-16(14)18/h4-8,10-12,19,22,25H,1-3,9,13H2,(H,23,24). The van der Waals surface area contributed by atoms with Crippen molar-refractivity contribution >= 4 is 29.9 Å². The Labute approximate surface area is 153 Å². The molecule has 0 spiro atoms. The summed E-state index contributed by atoms with van der Waals surface area (Å²) in [4.78, 5) is 15.0. The maximum absolute atomic E-state index is 10.7. The van der Waals surface area contributed by atoms with Crippen molar-refractivity contribution in [3.63, 3.8) is 0 Å². The lowest BCUT2D eigenvalue weighted by Crippen LogP contribution is -2.12. The summed E-state index contributed by atoms with van der Waals surface area (Å²) in [6.45, 7) is 0. The Hall–Kier alpha value is -2.27. The molecule has 1 atom stereocenters. The number of carbonyl (C=O) groups is 1. The highest BCUT2D eigenvalue weighted by Gasteiger charge is 2.23. The minimum absolute atomic E-state index is 0.103. The van der Waals surface area contributed by atoms with Crippen LogP contribution < -0.4 is 5.32 Å². The Bertz CT molecular complexity index is 789. The van der Waals surface area contributed by atoms with Gasteiger partial charge in [-0.05, 0) is 42.5 Å². The molecule has 0 fully saturated rings. The van der Waals surface area contributed by atoms with E-state index in [1.54, 1.807) is 0 Å². The molecule has 1 aromatic carbocycles. The summed E-state index contributed by atoms with van der Waals surface area (Å²) < 4.78 is 0. The first kappa shape index (κ1) is 17.5. The normalized spacial score (nSPS) is 17.3. The van der Waals surface area contributed by atoms with Gasteiger partial charge in [0.15, 0.2) is 0 Å². The lowest BCUT2D eigenvalue weighted by atomic mass is 9.93. The van der Waals surface area contributed by atoms with Gasteiger partial charge in [-0.2, -0.15) is 12.6 Å². The number of benzene rings is 1. The average Bonchev–Trinajstić information content (AvgIpc) is 2.76. The number of carboxylic acids is 1. The van der Waals surface area contributed by atoms with E-state index in [0.29, 0.717) is 12.2 Å². The van der Waals surface area contributed by atoms with E-state index in [1.807, 2.05) is 24.5 Å². The van der Waals surface area contributed by atoms with Crippen LogP contribution in [0.15, 0.2) is 48.8 Å². The number of aromatic nitrogens is 1. The number of hydrogen-bond donors (Lipinski definition) is 3. The van der Waals surface area contributed by atoms with Crippen LogP contribution in [0.2, 0.25) is 0 Å². The molecule has 1 aliphatic heterocycles. The van der Waals surface area contributed by atoms with E-state index in [4.69, 9.17) is 5.11 Å². The number of nitrogens with zero attached hydrogens (tertiary/aromatic N) is 1. The fourth-order valence-corrected chi connectivity index (χ4v) is 3.50. The summed E-state index contributed by atoms with van der Waals surface area (Å²) in [5, 5.41) is 12.4. The SMILES string of the molecule is O=C(O)CCCCC=C1c2ccccc2NC(CS)c2cnccc21. The van der Waals surface area contributed by atoms with Crippen molar-refractivity contribution in [3.05, 3.63) is 65.5 Å². The highest BCUT2D eigenvalue weighted by molar-refractivity contribution is 7.80. The predicted molar refractivity (Wildman–Crippen MR) is 104 cm³/mol. The third-order valence-electron chi connectivity index (χ3n) is 4.44. The Balaban J connectivity index is 1.96. The molecule has 3 rings (SSSR count). The predicted octanol–water partition coefficient (Wildman–Crippen LogP) is 4.55. The minimum Gasteiger partial charge on any atom is -0.481 e. The molecule has 130 valence electrons. The average molecular weight is 354 g/mol. The number of hydrogen-bond acceptors (Lipinski definition) is 4. The largest absolute Gasteiger partial charge is 0.481 e. The molecule has 2 heterocycles. The van der Waals surface area contributed by atoms with Crippen molar-refractivity contribution in [1.29, 1.82) is 0 Å². The number of nitrogens with one attached hydrogen (secondary N) is 1. The third kappa shape index (κ3) is 4.04. The van der Waals surface area contributed by atoms with Gasteiger partial charge in [0.1, 0.15) is 0 Å². The fourth-order valence-electron chi connectivity index (χ4n) is 3.21.